The molecule has 1 atom stereocenters. The SMILES string of the molecule is CCCCN(Cc1nc(-c2cccc(C(F)(F)F)c2)no1)C1CCS(=O)(=O)C1. The summed E-state index contributed by atoms with van der Waals surface area (Å²) in [7, 11) is -3.03. The lowest BCUT2D eigenvalue weighted by atomic mass is 10.1. The molecule has 10 heteroatoms. The van der Waals surface area contributed by atoms with E-state index in [1.54, 1.807) is 0 Å². The first-order valence-corrected chi connectivity index (χ1v) is 10.9. The molecule has 0 amide bonds. The third-order valence-electron chi connectivity index (χ3n) is 4.78. The molecule has 0 aliphatic carbocycles. The van der Waals surface area contributed by atoms with Gasteiger partial charge in [-0.05, 0) is 31.5 Å². The van der Waals surface area contributed by atoms with Gasteiger partial charge in [0.05, 0.1) is 23.6 Å². The molecule has 0 saturated carbocycles. The Hall–Kier alpha value is -1.94. The van der Waals surface area contributed by atoms with Gasteiger partial charge in [-0.25, -0.2) is 8.42 Å². The largest absolute Gasteiger partial charge is 0.416 e. The van der Waals surface area contributed by atoms with Crippen LogP contribution in [0.2, 0.25) is 0 Å². The molecule has 3 rings (SSSR count). The highest BCUT2D eigenvalue weighted by molar-refractivity contribution is 7.91. The number of hydrogen-bond donors (Lipinski definition) is 0. The fourth-order valence-corrected chi connectivity index (χ4v) is 5.02. The zero-order valence-electron chi connectivity index (χ0n) is 15.4. The first-order valence-electron chi connectivity index (χ1n) is 9.12. The van der Waals surface area contributed by atoms with Crippen LogP contribution in [-0.4, -0.2) is 47.6 Å². The van der Waals surface area contributed by atoms with E-state index in [1.165, 1.54) is 12.1 Å². The van der Waals surface area contributed by atoms with E-state index in [-0.39, 0.29) is 41.4 Å². The van der Waals surface area contributed by atoms with Crippen molar-refractivity contribution in [2.75, 3.05) is 18.1 Å². The first-order chi connectivity index (χ1) is 13.2. The van der Waals surface area contributed by atoms with Crippen molar-refractivity contribution in [3.05, 3.63) is 35.7 Å². The number of sulfone groups is 1. The van der Waals surface area contributed by atoms with E-state index in [0.717, 1.165) is 25.0 Å². The normalized spacial score (nSPS) is 19.4. The van der Waals surface area contributed by atoms with E-state index in [0.29, 0.717) is 13.0 Å². The van der Waals surface area contributed by atoms with Crippen molar-refractivity contribution in [2.24, 2.45) is 0 Å². The molecule has 1 aliphatic rings. The molecule has 1 aromatic heterocycles. The Labute approximate surface area is 161 Å². The van der Waals surface area contributed by atoms with Crippen LogP contribution in [0.1, 0.15) is 37.6 Å². The van der Waals surface area contributed by atoms with Crippen LogP contribution in [0.3, 0.4) is 0 Å². The summed E-state index contributed by atoms with van der Waals surface area (Å²) in [6.45, 7) is 3.01. The molecule has 0 N–H and O–H groups in total. The van der Waals surface area contributed by atoms with Crippen LogP contribution >= 0.6 is 0 Å². The molecule has 154 valence electrons. The summed E-state index contributed by atoms with van der Waals surface area (Å²) in [5.74, 6) is 0.605. The Bertz CT molecular complexity index is 912. The molecule has 1 saturated heterocycles. The molecule has 1 aromatic carbocycles. The molecule has 2 heterocycles. The van der Waals surface area contributed by atoms with Crippen LogP contribution in [0.4, 0.5) is 13.2 Å². The van der Waals surface area contributed by atoms with Crippen LogP contribution in [-0.2, 0) is 22.6 Å². The van der Waals surface area contributed by atoms with Crippen LogP contribution in [0.5, 0.6) is 0 Å². The molecular weight excluding hydrogens is 395 g/mol. The highest BCUT2D eigenvalue weighted by atomic mass is 32.2. The minimum absolute atomic E-state index is 0.0792. The second-order valence-electron chi connectivity index (χ2n) is 6.97. The van der Waals surface area contributed by atoms with Gasteiger partial charge in [0, 0.05) is 11.6 Å². The maximum absolute atomic E-state index is 12.9. The number of halogens is 3. The molecule has 28 heavy (non-hydrogen) atoms. The molecule has 6 nitrogen and oxygen atoms in total. The topological polar surface area (TPSA) is 76.3 Å². The van der Waals surface area contributed by atoms with Crippen molar-refractivity contribution in [3.63, 3.8) is 0 Å². The standard InChI is InChI=1S/C18H22F3N3O3S/c1-2-3-8-24(15-7-9-28(25,26)12-15)11-16-22-17(23-27-16)13-5-4-6-14(10-13)18(19,20)21/h4-6,10,15H,2-3,7-9,11-12H2,1H3. The van der Waals surface area contributed by atoms with Crippen molar-refractivity contribution in [1.82, 2.24) is 15.0 Å². The van der Waals surface area contributed by atoms with Gasteiger partial charge in [-0.15, -0.1) is 0 Å². The lowest BCUT2D eigenvalue weighted by Crippen LogP contribution is -2.36. The summed E-state index contributed by atoms with van der Waals surface area (Å²) in [6, 6.07) is 4.64. The smallest absolute Gasteiger partial charge is 0.338 e. The van der Waals surface area contributed by atoms with Crippen molar-refractivity contribution in [2.45, 2.75) is 44.9 Å². The maximum Gasteiger partial charge on any atom is 0.416 e. The Kier molecular flexibility index (Phi) is 6.09. The zero-order chi connectivity index (χ0) is 20.4. The van der Waals surface area contributed by atoms with Gasteiger partial charge in [-0.1, -0.05) is 30.6 Å². The fourth-order valence-electron chi connectivity index (χ4n) is 3.26. The summed E-state index contributed by atoms with van der Waals surface area (Å²) in [5, 5.41) is 3.80. The number of benzene rings is 1. The predicted molar refractivity (Wildman–Crippen MR) is 97.1 cm³/mol. The van der Waals surface area contributed by atoms with Crippen molar-refractivity contribution < 1.29 is 26.1 Å². The number of unbranched alkanes of at least 4 members (excludes halogenated alkanes) is 1. The van der Waals surface area contributed by atoms with Gasteiger partial charge < -0.3 is 4.52 Å². The molecule has 0 bridgehead atoms. The third kappa shape index (κ3) is 5.11. The number of rotatable bonds is 7. The van der Waals surface area contributed by atoms with E-state index >= 15 is 0 Å². The summed E-state index contributed by atoms with van der Waals surface area (Å²) in [4.78, 5) is 6.23. The van der Waals surface area contributed by atoms with Crippen LogP contribution in [0, 0.1) is 0 Å². The van der Waals surface area contributed by atoms with E-state index in [1.807, 2.05) is 11.8 Å². The van der Waals surface area contributed by atoms with Crippen molar-refractivity contribution in [3.8, 4) is 11.4 Å². The van der Waals surface area contributed by atoms with E-state index in [4.69, 9.17) is 4.52 Å². The number of aromatic nitrogens is 2. The van der Waals surface area contributed by atoms with Gasteiger partial charge in [0.25, 0.3) is 0 Å². The summed E-state index contributed by atoms with van der Waals surface area (Å²) >= 11 is 0. The lowest BCUT2D eigenvalue weighted by molar-refractivity contribution is -0.137. The molecule has 1 fully saturated rings. The van der Waals surface area contributed by atoms with Crippen LogP contribution in [0.25, 0.3) is 11.4 Å². The van der Waals surface area contributed by atoms with Gasteiger partial charge in [0.15, 0.2) is 9.84 Å². The molecular formula is C18H22F3N3O3S. The molecule has 0 radical (unpaired) electrons. The zero-order valence-corrected chi connectivity index (χ0v) is 16.3. The quantitative estimate of drug-likeness (QED) is 0.686. The van der Waals surface area contributed by atoms with Gasteiger partial charge in [-0.3, -0.25) is 4.90 Å². The Morgan fingerprint density at radius 2 is 2.11 bits per heavy atom. The van der Waals surface area contributed by atoms with E-state index in [9.17, 15) is 21.6 Å². The van der Waals surface area contributed by atoms with Crippen LogP contribution in [0.15, 0.2) is 28.8 Å². The molecule has 2 aromatic rings. The number of nitrogens with zero attached hydrogens (tertiary/aromatic N) is 3. The Balaban J connectivity index is 1.76. The minimum atomic E-state index is -4.45. The highest BCUT2D eigenvalue weighted by Gasteiger charge is 2.33. The first kappa shape index (κ1) is 20.8. The third-order valence-corrected chi connectivity index (χ3v) is 6.53. The molecule has 1 aliphatic heterocycles. The number of hydrogen-bond acceptors (Lipinski definition) is 6. The lowest BCUT2D eigenvalue weighted by Gasteiger charge is -2.26. The van der Waals surface area contributed by atoms with Gasteiger partial charge in [0.1, 0.15) is 0 Å². The van der Waals surface area contributed by atoms with Crippen LogP contribution < -0.4 is 0 Å². The summed E-state index contributed by atoms with van der Waals surface area (Å²) in [5.41, 5.74) is -0.564. The minimum Gasteiger partial charge on any atom is -0.338 e. The second-order valence-corrected chi connectivity index (χ2v) is 9.20. The molecule has 0 spiro atoms. The van der Waals surface area contributed by atoms with E-state index in [2.05, 4.69) is 10.1 Å². The van der Waals surface area contributed by atoms with Crippen molar-refractivity contribution in [1.29, 1.82) is 0 Å². The average Bonchev–Trinajstić information content (AvgIpc) is 3.24. The maximum atomic E-state index is 12.9. The monoisotopic (exact) mass is 417 g/mol. The van der Waals surface area contributed by atoms with Gasteiger partial charge >= 0.3 is 6.18 Å². The van der Waals surface area contributed by atoms with Gasteiger partial charge in [-0.2, -0.15) is 18.2 Å². The van der Waals surface area contributed by atoms with Crippen molar-refractivity contribution >= 4 is 9.84 Å². The summed E-state index contributed by atoms with van der Waals surface area (Å²) < 4.78 is 67.5. The second kappa shape index (κ2) is 8.20. The van der Waals surface area contributed by atoms with Gasteiger partial charge in [0.2, 0.25) is 11.7 Å². The summed E-state index contributed by atoms with van der Waals surface area (Å²) in [6.07, 6.45) is -2.05. The number of alkyl halides is 3. The van der Waals surface area contributed by atoms with E-state index < -0.39 is 21.6 Å². The fraction of sp³-hybridized carbons (Fsp3) is 0.556. The molecule has 1 unspecified atom stereocenters. The highest BCUT2D eigenvalue weighted by Crippen LogP contribution is 2.31. The Morgan fingerprint density at radius 1 is 1.32 bits per heavy atom. The average molecular weight is 417 g/mol. The predicted octanol–water partition coefficient (Wildman–Crippen LogP) is 3.54. The Morgan fingerprint density at radius 3 is 2.75 bits per heavy atom.